The standard InChI is InChI=1S/C29H41N5O3/c1-28(2,3)25(34-18-23(31-32-34)19-10-11-19)27(37)33-17-22(35)16-24(33)26(36)30-21-12-14-29(4,15-13-21)20-8-6-5-7-9-20/h5-9,18-19,21-22,24-25,35H,10-17H2,1-4H3,(H,30,36)/t21?,22-,24+,25-,29?/m1/s1. The van der Waals surface area contributed by atoms with Gasteiger partial charge in [0.1, 0.15) is 12.1 Å². The molecule has 1 aromatic carbocycles. The maximum absolute atomic E-state index is 13.9. The molecule has 2 saturated carbocycles. The average Bonchev–Trinajstić information content (AvgIpc) is 3.47. The predicted octanol–water partition coefficient (Wildman–Crippen LogP) is 3.72. The summed E-state index contributed by atoms with van der Waals surface area (Å²) in [5.74, 6) is 0.0933. The van der Waals surface area contributed by atoms with Gasteiger partial charge in [0.15, 0.2) is 0 Å². The molecule has 200 valence electrons. The molecule has 3 atom stereocenters. The maximum Gasteiger partial charge on any atom is 0.248 e. The van der Waals surface area contributed by atoms with Crippen LogP contribution in [-0.4, -0.2) is 61.5 Å². The Hall–Kier alpha value is -2.74. The van der Waals surface area contributed by atoms with Gasteiger partial charge in [0.05, 0.1) is 11.8 Å². The first kappa shape index (κ1) is 25.9. The fraction of sp³-hybridized carbons (Fsp3) is 0.655. The smallest absolute Gasteiger partial charge is 0.248 e. The van der Waals surface area contributed by atoms with E-state index in [4.69, 9.17) is 0 Å². The van der Waals surface area contributed by atoms with E-state index in [1.54, 1.807) is 9.58 Å². The number of β-amino-alcohol motifs (C(OH)–C–C–N with tert-alkyl or cyclic N) is 1. The van der Waals surface area contributed by atoms with Crippen LogP contribution in [0.4, 0.5) is 0 Å². The molecule has 0 unspecified atom stereocenters. The minimum absolute atomic E-state index is 0.0776. The average molecular weight is 508 g/mol. The molecule has 3 fully saturated rings. The predicted molar refractivity (Wildman–Crippen MR) is 141 cm³/mol. The Morgan fingerprint density at radius 1 is 1.11 bits per heavy atom. The molecule has 5 rings (SSSR count). The molecule has 3 aliphatic rings. The Labute approximate surface area is 219 Å². The number of rotatable bonds is 6. The zero-order valence-electron chi connectivity index (χ0n) is 22.6. The third-order valence-corrected chi connectivity index (χ3v) is 8.61. The highest BCUT2D eigenvalue weighted by molar-refractivity contribution is 5.90. The van der Waals surface area contributed by atoms with E-state index in [2.05, 4.69) is 46.8 Å². The lowest BCUT2D eigenvalue weighted by Crippen LogP contribution is -2.52. The van der Waals surface area contributed by atoms with Crippen LogP contribution in [0.15, 0.2) is 36.5 Å². The number of benzene rings is 1. The van der Waals surface area contributed by atoms with Crippen molar-refractivity contribution in [1.29, 1.82) is 0 Å². The molecule has 8 heteroatoms. The van der Waals surface area contributed by atoms with Crippen LogP contribution in [0.3, 0.4) is 0 Å². The van der Waals surface area contributed by atoms with Gasteiger partial charge in [-0.15, -0.1) is 5.10 Å². The van der Waals surface area contributed by atoms with Crippen molar-refractivity contribution in [3.63, 3.8) is 0 Å². The topological polar surface area (TPSA) is 100 Å². The third-order valence-electron chi connectivity index (χ3n) is 8.61. The number of amides is 2. The number of aromatic nitrogens is 3. The van der Waals surface area contributed by atoms with Crippen molar-refractivity contribution in [3.8, 4) is 0 Å². The summed E-state index contributed by atoms with van der Waals surface area (Å²) in [5, 5.41) is 22.4. The van der Waals surface area contributed by atoms with Gasteiger partial charge in [-0.2, -0.15) is 0 Å². The lowest BCUT2D eigenvalue weighted by Gasteiger charge is -2.39. The number of nitrogens with zero attached hydrogens (tertiary/aromatic N) is 4. The Balaban J connectivity index is 1.26. The fourth-order valence-electron chi connectivity index (χ4n) is 6.15. The molecule has 2 amide bonds. The summed E-state index contributed by atoms with van der Waals surface area (Å²) in [4.78, 5) is 29.0. The van der Waals surface area contributed by atoms with Crippen LogP contribution in [0, 0.1) is 5.41 Å². The molecule has 1 aromatic heterocycles. The van der Waals surface area contributed by atoms with Gasteiger partial charge in [-0.3, -0.25) is 9.59 Å². The summed E-state index contributed by atoms with van der Waals surface area (Å²) < 4.78 is 1.67. The molecule has 2 aromatic rings. The summed E-state index contributed by atoms with van der Waals surface area (Å²) in [6.07, 6.45) is 7.44. The highest BCUT2D eigenvalue weighted by Gasteiger charge is 2.46. The fourth-order valence-corrected chi connectivity index (χ4v) is 6.15. The van der Waals surface area contributed by atoms with Crippen LogP contribution in [-0.2, 0) is 15.0 Å². The molecule has 0 spiro atoms. The van der Waals surface area contributed by atoms with Crippen LogP contribution in [0.5, 0.6) is 0 Å². The lowest BCUT2D eigenvalue weighted by atomic mass is 9.69. The number of likely N-dealkylation sites (tertiary alicyclic amines) is 1. The van der Waals surface area contributed by atoms with Gasteiger partial charge in [-0.25, -0.2) is 4.68 Å². The first-order valence-corrected chi connectivity index (χ1v) is 13.8. The summed E-state index contributed by atoms with van der Waals surface area (Å²) in [5.41, 5.74) is 1.95. The van der Waals surface area contributed by atoms with Gasteiger partial charge in [-0.05, 0) is 54.9 Å². The zero-order chi connectivity index (χ0) is 26.4. The second kappa shape index (κ2) is 9.86. The molecule has 0 radical (unpaired) electrons. The van der Waals surface area contributed by atoms with Crippen molar-refractivity contribution in [2.45, 2.75) is 108 Å². The first-order valence-electron chi connectivity index (χ1n) is 13.8. The van der Waals surface area contributed by atoms with Gasteiger partial charge < -0.3 is 15.3 Å². The van der Waals surface area contributed by atoms with Gasteiger partial charge in [0, 0.05) is 31.1 Å². The van der Waals surface area contributed by atoms with E-state index in [1.807, 2.05) is 33.0 Å². The second-order valence-electron chi connectivity index (χ2n) is 12.8. The largest absolute Gasteiger partial charge is 0.391 e. The van der Waals surface area contributed by atoms with Crippen LogP contribution >= 0.6 is 0 Å². The number of carbonyl (C=O) groups excluding carboxylic acids is 2. The van der Waals surface area contributed by atoms with Crippen molar-refractivity contribution in [3.05, 3.63) is 47.8 Å². The number of carbonyl (C=O) groups is 2. The van der Waals surface area contributed by atoms with Crippen molar-refractivity contribution in [1.82, 2.24) is 25.2 Å². The molecule has 1 saturated heterocycles. The van der Waals surface area contributed by atoms with Crippen molar-refractivity contribution in [2.24, 2.45) is 5.41 Å². The van der Waals surface area contributed by atoms with Crippen LogP contribution in [0.1, 0.15) is 95.9 Å². The number of aliphatic hydroxyl groups is 1. The summed E-state index contributed by atoms with van der Waals surface area (Å²) in [6, 6.07) is 9.39. The molecule has 2 aliphatic carbocycles. The second-order valence-corrected chi connectivity index (χ2v) is 12.8. The molecular formula is C29H41N5O3. The van der Waals surface area contributed by atoms with Gasteiger partial charge in [0.25, 0.3) is 0 Å². The van der Waals surface area contributed by atoms with E-state index in [-0.39, 0.29) is 36.2 Å². The number of aliphatic hydroxyl groups excluding tert-OH is 1. The van der Waals surface area contributed by atoms with Crippen molar-refractivity contribution >= 4 is 11.8 Å². The third kappa shape index (κ3) is 5.44. The van der Waals surface area contributed by atoms with Gasteiger partial charge >= 0.3 is 0 Å². The molecule has 0 bridgehead atoms. The molecule has 2 heterocycles. The SMILES string of the molecule is CC1(c2ccccc2)CCC(NC(=O)[C@@H]2C[C@@H](O)CN2C(=O)[C@@H](n2cc(C3CC3)nn2)C(C)(C)C)CC1. The van der Waals surface area contributed by atoms with E-state index in [0.29, 0.717) is 5.92 Å². The van der Waals surface area contributed by atoms with Crippen molar-refractivity contribution < 1.29 is 14.7 Å². The molecular weight excluding hydrogens is 466 g/mol. The first-order chi connectivity index (χ1) is 17.5. The van der Waals surface area contributed by atoms with Crippen LogP contribution in [0.25, 0.3) is 0 Å². The highest BCUT2D eigenvalue weighted by Crippen LogP contribution is 2.41. The van der Waals surface area contributed by atoms with E-state index in [0.717, 1.165) is 44.2 Å². The molecule has 8 nitrogen and oxygen atoms in total. The van der Waals surface area contributed by atoms with Gasteiger partial charge in [0.2, 0.25) is 11.8 Å². The number of hydrogen-bond donors (Lipinski definition) is 2. The Bertz CT molecular complexity index is 1110. The van der Waals surface area contributed by atoms with E-state index < -0.39 is 23.6 Å². The number of hydrogen-bond acceptors (Lipinski definition) is 5. The Morgan fingerprint density at radius 3 is 2.41 bits per heavy atom. The molecule has 2 N–H and O–H groups in total. The zero-order valence-corrected chi connectivity index (χ0v) is 22.6. The minimum Gasteiger partial charge on any atom is -0.391 e. The molecule has 37 heavy (non-hydrogen) atoms. The quantitative estimate of drug-likeness (QED) is 0.621. The summed E-state index contributed by atoms with van der Waals surface area (Å²) in [7, 11) is 0. The number of nitrogens with one attached hydrogen (secondary N) is 1. The Kier molecular flexibility index (Phi) is 6.90. The van der Waals surface area contributed by atoms with Crippen LogP contribution in [0.2, 0.25) is 0 Å². The normalized spacial score (nSPS) is 29.2. The van der Waals surface area contributed by atoms with E-state index in [1.165, 1.54) is 5.56 Å². The highest BCUT2D eigenvalue weighted by atomic mass is 16.3. The molecule has 1 aliphatic heterocycles. The van der Waals surface area contributed by atoms with Gasteiger partial charge in [-0.1, -0.05) is 63.2 Å². The monoisotopic (exact) mass is 507 g/mol. The van der Waals surface area contributed by atoms with E-state index in [9.17, 15) is 14.7 Å². The maximum atomic E-state index is 13.9. The Morgan fingerprint density at radius 2 is 1.78 bits per heavy atom. The van der Waals surface area contributed by atoms with Crippen molar-refractivity contribution in [2.75, 3.05) is 6.54 Å². The summed E-state index contributed by atoms with van der Waals surface area (Å²) in [6.45, 7) is 8.47. The van der Waals surface area contributed by atoms with Crippen LogP contribution < -0.4 is 5.32 Å². The summed E-state index contributed by atoms with van der Waals surface area (Å²) >= 11 is 0. The lowest BCUT2D eigenvalue weighted by molar-refractivity contribution is -0.144. The van der Waals surface area contributed by atoms with E-state index >= 15 is 0 Å². The minimum atomic E-state index is -0.717.